The van der Waals surface area contributed by atoms with Crippen molar-refractivity contribution in [2.45, 2.75) is 4.90 Å². The SMILES string of the molecule is C=C(CNC(=O)N(C)O)COCCSc1ccc(Cl)cc1. The minimum absolute atomic E-state index is 0.272. The molecule has 1 aromatic carbocycles. The number of nitrogens with zero attached hydrogens (tertiary/aromatic N) is 1. The lowest BCUT2D eigenvalue weighted by molar-refractivity contribution is -0.0180. The quantitative estimate of drug-likeness (QED) is 0.253. The Kier molecular flexibility index (Phi) is 8.22. The second kappa shape index (κ2) is 9.68. The van der Waals surface area contributed by atoms with Crippen LogP contribution < -0.4 is 5.32 Å². The molecule has 2 N–H and O–H groups in total. The molecule has 5 nitrogen and oxygen atoms in total. The minimum atomic E-state index is -0.575. The van der Waals surface area contributed by atoms with Gasteiger partial charge in [0.05, 0.1) is 13.2 Å². The van der Waals surface area contributed by atoms with Crippen LogP contribution in [0.15, 0.2) is 41.3 Å². The number of rotatable bonds is 8. The van der Waals surface area contributed by atoms with Crippen molar-refractivity contribution in [1.82, 2.24) is 10.4 Å². The van der Waals surface area contributed by atoms with Gasteiger partial charge >= 0.3 is 6.03 Å². The van der Waals surface area contributed by atoms with Gasteiger partial charge in [-0.15, -0.1) is 11.8 Å². The van der Waals surface area contributed by atoms with Crippen LogP contribution in [0.4, 0.5) is 4.79 Å². The second-order valence-electron chi connectivity index (χ2n) is 4.29. The number of carbonyl (C=O) groups excluding carboxylic acids is 1. The minimum Gasteiger partial charge on any atom is -0.376 e. The van der Waals surface area contributed by atoms with Crippen molar-refractivity contribution in [2.75, 3.05) is 32.6 Å². The van der Waals surface area contributed by atoms with E-state index in [2.05, 4.69) is 11.9 Å². The first-order chi connectivity index (χ1) is 9.99. The highest BCUT2D eigenvalue weighted by Crippen LogP contribution is 2.19. The summed E-state index contributed by atoms with van der Waals surface area (Å²) >= 11 is 7.49. The predicted octanol–water partition coefficient (Wildman–Crippen LogP) is 3.04. The first kappa shape index (κ1) is 17.8. The number of halogens is 1. The fraction of sp³-hybridized carbons (Fsp3) is 0.357. The molecule has 0 saturated carbocycles. The summed E-state index contributed by atoms with van der Waals surface area (Å²) in [7, 11) is 1.25. The van der Waals surface area contributed by atoms with Gasteiger partial charge in [-0.05, 0) is 29.8 Å². The number of amides is 2. The number of ether oxygens (including phenoxy) is 1. The molecule has 0 atom stereocenters. The van der Waals surface area contributed by atoms with E-state index < -0.39 is 6.03 Å². The second-order valence-corrected chi connectivity index (χ2v) is 5.89. The van der Waals surface area contributed by atoms with Crippen LogP contribution in [0.5, 0.6) is 0 Å². The first-order valence-electron chi connectivity index (χ1n) is 6.32. The Morgan fingerprint density at radius 3 is 2.76 bits per heavy atom. The van der Waals surface area contributed by atoms with Gasteiger partial charge in [-0.3, -0.25) is 5.21 Å². The third kappa shape index (κ3) is 7.96. The van der Waals surface area contributed by atoms with E-state index in [-0.39, 0.29) is 6.54 Å². The summed E-state index contributed by atoms with van der Waals surface area (Å²) < 4.78 is 5.46. The normalized spacial score (nSPS) is 10.2. The molecular formula is C14H19ClN2O3S. The van der Waals surface area contributed by atoms with Gasteiger partial charge in [-0.25, -0.2) is 9.86 Å². The molecule has 21 heavy (non-hydrogen) atoms. The first-order valence-corrected chi connectivity index (χ1v) is 7.68. The van der Waals surface area contributed by atoms with E-state index in [4.69, 9.17) is 21.5 Å². The van der Waals surface area contributed by atoms with Crippen molar-refractivity contribution in [1.29, 1.82) is 0 Å². The lowest BCUT2D eigenvalue weighted by Crippen LogP contribution is -2.36. The van der Waals surface area contributed by atoms with Crippen molar-refractivity contribution in [3.8, 4) is 0 Å². The third-order valence-corrected chi connectivity index (χ3v) is 3.63. The highest BCUT2D eigenvalue weighted by Gasteiger charge is 2.04. The maximum atomic E-state index is 11.1. The standard InChI is InChI=1S/C14H19ClN2O3S/c1-11(9-16-14(18)17(2)19)10-20-7-8-21-13-5-3-12(15)4-6-13/h3-6,19H,1,7-10H2,2H3,(H,16,18). The van der Waals surface area contributed by atoms with Gasteiger partial charge in [0.2, 0.25) is 0 Å². The van der Waals surface area contributed by atoms with Crippen LogP contribution in [0.25, 0.3) is 0 Å². The molecule has 0 radical (unpaired) electrons. The molecular weight excluding hydrogens is 312 g/mol. The maximum absolute atomic E-state index is 11.1. The van der Waals surface area contributed by atoms with E-state index >= 15 is 0 Å². The van der Waals surface area contributed by atoms with Crippen LogP contribution in [0.1, 0.15) is 0 Å². The summed E-state index contributed by atoms with van der Waals surface area (Å²) in [4.78, 5) is 12.2. The van der Waals surface area contributed by atoms with Gasteiger partial charge in [-0.1, -0.05) is 18.2 Å². The molecule has 0 aromatic heterocycles. The average Bonchev–Trinajstić information content (AvgIpc) is 2.46. The lowest BCUT2D eigenvalue weighted by Gasteiger charge is -2.12. The molecule has 0 aliphatic carbocycles. The molecule has 0 spiro atoms. The zero-order valence-electron chi connectivity index (χ0n) is 11.8. The monoisotopic (exact) mass is 330 g/mol. The Morgan fingerprint density at radius 1 is 1.48 bits per heavy atom. The van der Waals surface area contributed by atoms with Crippen LogP contribution in [0, 0.1) is 0 Å². The average molecular weight is 331 g/mol. The van der Waals surface area contributed by atoms with Crippen LogP contribution >= 0.6 is 23.4 Å². The number of hydrogen-bond acceptors (Lipinski definition) is 4. The van der Waals surface area contributed by atoms with E-state index in [1.54, 1.807) is 11.8 Å². The molecule has 0 heterocycles. The summed E-state index contributed by atoms with van der Waals surface area (Å²) in [6, 6.07) is 7.06. The van der Waals surface area contributed by atoms with Crippen molar-refractivity contribution < 1.29 is 14.7 Å². The topological polar surface area (TPSA) is 61.8 Å². The molecule has 1 aromatic rings. The van der Waals surface area contributed by atoms with Crippen molar-refractivity contribution in [3.05, 3.63) is 41.4 Å². The van der Waals surface area contributed by atoms with E-state index in [0.717, 1.165) is 21.2 Å². The van der Waals surface area contributed by atoms with E-state index in [0.29, 0.717) is 18.3 Å². The van der Waals surface area contributed by atoms with E-state index in [1.165, 1.54) is 7.05 Å². The molecule has 0 saturated heterocycles. The predicted molar refractivity (Wildman–Crippen MR) is 85.1 cm³/mol. The maximum Gasteiger partial charge on any atom is 0.341 e. The summed E-state index contributed by atoms with van der Waals surface area (Å²) in [5.74, 6) is 0.820. The van der Waals surface area contributed by atoms with Gasteiger partial charge < -0.3 is 10.1 Å². The summed E-state index contributed by atoms with van der Waals surface area (Å²) in [5, 5.41) is 12.6. The Labute approximate surface area is 133 Å². The number of benzene rings is 1. The molecule has 116 valence electrons. The molecule has 0 fully saturated rings. The van der Waals surface area contributed by atoms with Crippen molar-refractivity contribution in [3.63, 3.8) is 0 Å². The molecule has 0 unspecified atom stereocenters. The zero-order chi connectivity index (χ0) is 15.7. The molecule has 0 aliphatic heterocycles. The largest absolute Gasteiger partial charge is 0.376 e. The Bertz CT molecular complexity index is 466. The van der Waals surface area contributed by atoms with Crippen molar-refractivity contribution in [2.24, 2.45) is 0 Å². The summed E-state index contributed by atoms with van der Waals surface area (Å²) in [5.41, 5.74) is 0.738. The number of urea groups is 1. The van der Waals surface area contributed by atoms with Gasteiger partial charge in [0.25, 0.3) is 0 Å². The van der Waals surface area contributed by atoms with E-state index in [1.807, 2.05) is 24.3 Å². The molecule has 7 heteroatoms. The van der Waals surface area contributed by atoms with Crippen LogP contribution in [0.2, 0.25) is 5.02 Å². The van der Waals surface area contributed by atoms with Crippen LogP contribution in [-0.4, -0.2) is 48.9 Å². The van der Waals surface area contributed by atoms with Crippen molar-refractivity contribution >= 4 is 29.4 Å². The summed E-state index contributed by atoms with van der Waals surface area (Å²) in [6.45, 7) is 5.02. The van der Waals surface area contributed by atoms with Crippen LogP contribution in [0.3, 0.4) is 0 Å². The van der Waals surface area contributed by atoms with Gasteiger partial charge in [0.1, 0.15) is 0 Å². The van der Waals surface area contributed by atoms with Gasteiger partial charge in [0.15, 0.2) is 0 Å². The zero-order valence-corrected chi connectivity index (χ0v) is 13.4. The fourth-order valence-electron chi connectivity index (χ4n) is 1.33. The van der Waals surface area contributed by atoms with Gasteiger partial charge in [-0.2, -0.15) is 0 Å². The molecule has 2 amide bonds. The fourth-order valence-corrected chi connectivity index (χ4v) is 2.22. The number of carbonyl (C=O) groups is 1. The Hall–Kier alpha value is -1.21. The molecule has 1 rings (SSSR count). The lowest BCUT2D eigenvalue weighted by atomic mass is 10.3. The molecule has 0 bridgehead atoms. The number of hydrogen-bond donors (Lipinski definition) is 2. The summed E-state index contributed by atoms with van der Waals surface area (Å²) in [6.07, 6.45) is 0. The number of hydroxylamine groups is 2. The highest BCUT2D eigenvalue weighted by atomic mass is 35.5. The Balaban J connectivity index is 2.07. The number of nitrogens with one attached hydrogen (secondary N) is 1. The van der Waals surface area contributed by atoms with Crippen LogP contribution in [-0.2, 0) is 4.74 Å². The Morgan fingerprint density at radius 2 is 2.14 bits per heavy atom. The van der Waals surface area contributed by atoms with Gasteiger partial charge in [0, 0.05) is 29.3 Å². The highest BCUT2D eigenvalue weighted by molar-refractivity contribution is 7.99. The third-order valence-electron chi connectivity index (χ3n) is 2.40. The number of thioether (sulfide) groups is 1. The smallest absolute Gasteiger partial charge is 0.341 e. The molecule has 0 aliphatic rings. The van der Waals surface area contributed by atoms with E-state index in [9.17, 15) is 4.79 Å².